The van der Waals surface area contributed by atoms with E-state index in [2.05, 4.69) is 48.9 Å². The van der Waals surface area contributed by atoms with Gasteiger partial charge in [0.1, 0.15) is 0 Å². The zero-order valence-electron chi connectivity index (χ0n) is 12.3. The van der Waals surface area contributed by atoms with Gasteiger partial charge < -0.3 is 5.73 Å². The van der Waals surface area contributed by atoms with E-state index in [0.717, 1.165) is 19.4 Å². The average molecular weight is 269 g/mol. The minimum Gasteiger partial charge on any atom is -0.324 e. The summed E-state index contributed by atoms with van der Waals surface area (Å²) in [5.41, 5.74) is 11.5. The normalized spacial score (nSPS) is 18.3. The molecule has 0 radical (unpaired) electrons. The van der Waals surface area contributed by atoms with Crippen molar-refractivity contribution >= 4 is 0 Å². The third kappa shape index (κ3) is 2.38. The van der Waals surface area contributed by atoms with Crippen molar-refractivity contribution in [2.75, 3.05) is 0 Å². The van der Waals surface area contributed by atoms with Crippen molar-refractivity contribution in [3.05, 3.63) is 52.8 Å². The van der Waals surface area contributed by atoms with Gasteiger partial charge >= 0.3 is 0 Å². The van der Waals surface area contributed by atoms with Crippen LogP contribution >= 0.6 is 0 Å². The summed E-state index contributed by atoms with van der Waals surface area (Å²) < 4.78 is 2.18. The molecule has 2 N–H and O–H groups in total. The van der Waals surface area contributed by atoms with Gasteiger partial charge in [0.15, 0.2) is 0 Å². The molecule has 1 aromatic carbocycles. The van der Waals surface area contributed by atoms with Crippen molar-refractivity contribution in [1.29, 1.82) is 0 Å². The molecule has 1 aliphatic rings. The summed E-state index contributed by atoms with van der Waals surface area (Å²) in [5, 5.41) is 4.87. The molecule has 106 valence electrons. The summed E-state index contributed by atoms with van der Waals surface area (Å²) in [4.78, 5) is 0. The predicted octanol–water partition coefficient (Wildman–Crippen LogP) is 3.39. The van der Waals surface area contributed by atoms with Crippen LogP contribution in [0.25, 0.3) is 0 Å². The first-order valence-corrected chi connectivity index (χ1v) is 7.55. The van der Waals surface area contributed by atoms with Gasteiger partial charge in [0.05, 0.1) is 12.2 Å². The first-order chi connectivity index (χ1) is 9.66. The number of rotatable bonds is 3. The maximum Gasteiger partial charge on any atom is 0.0700 e. The maximum atomic E-state index is 6.34. The average Bonchev–Trinajstić information content (AvgIpc) is 2.81. The van der Waals surface area contributed by atoms with E-state index >= 15 is 0 Å². The largest absolute Gasteiger partial charge is 0.324 e. The first kappa shape index (κ1) is 13.4. The SMILES string of the molecule is CC(C)c1nn(Cc2ccccc2)c2c1C(N)CCC2. The highest BCUT2D eigenvalue weighted by atomic mass is 15.3. The molecular formula is C17H23N3. The molecule has 0 fully saturated rings. The van der Waals surface area contributed by atoms with E-state index in [9.17, 15) is 0 Å². The highest BCUT2D eigenvalue weighted by Crippen LogP contribution is 2.34. The van der Waals surface area contributed by atoms with Crippen LogP contribution in [-0.2, 0) is 13.0 Å². The highest BCUT2D eigenvalue weighted by molar-refractivity contribution is 5.34. The lowest BCUT2D eigenvalue weighted by molar-refractivity contribution is 0.537. The van der Waals surface area contributed by atoms with E-state index in [4.69, 9.17) is 10.8 Å². The van der Waals surface area contributed by atoms with Crippen molar-refractivity contribution in [1.82, 2.24) is 9.78 Å². The van der Waals surface area contributed by atoms with E-state index in [0.29, 0.717) is 5.92 Å². The van der Waals surface area contributed by atoms with Gasteiger partial charge in [-0.1, -0.05) is 44.2 Å². The summed E-state index contributed by atoms with van der Waals surface area (Å²) in [6, 6.07) is 10.7. The van der Waals surface area contributed by atoms with Crippen molar-refractivity contribution in [3.8, 4) is 0 Å². The highest BCUT2D eigenvalue weighted by Gasteiger charge is 2.27. The van der Waals surface area contributed by atoms with Crippen LogP contribution in [-0.4, -0.2) is 9.78 Å². The number of nitrogens with two attached hydrogens (primary N) is 1. The molecule has 0 aliphatic heterocycles. The molecule has 0 saturated heterocycles. The number of hydrogen-bond donors (Lipinski definition) is 1. The summed E-state index contributed by atoms with van der Waals surface area (Å²) in [6.07, 6.45) is 3.37. The molecule has 1 aromatic heterocycles. The number of aromatic nitrogens is 2. The van der Waals surface area contributed by atoms with Gasteiger partial charge in [0, 0.05) is 17.3 Å². The van der Waals surface area contributed by atoms with Gasteiger partial charge in [-0.3, -0.25) is 4.68 Å². The monoisotopic (exact) mass is 269 g/mol. The van der Waals surface area contributed by atoms with E-state index in [1.165, 1.54) is 28.9 Å². The van der Waals surface area contributed by atoms with E-state index in [1.807, 2.05) is 0 Å². The Balaban J connectivity index is 2.01. The molecule has 3 heteroatoms. The van der Waals surface area contributed by atoms with Crippen molar-refractivity contribution in [3.63, 3.8) is 0 Å². The Bertz CT molecular complexity index is 584. The number of fused-ring (bicyclic) bond motifs is 1. The second-order valence-corrected chi connectivity index (χ2v) is 6.04. The Labute approximate surface area is 120 Å². The Morgan fingerprint density at radius 1 is 1.30 bits per heavy atom. The number of benzene rings is 1. The lowest BCUT2D eigenvalue weighted by Gasteiger charge is -2.21. The van der Waals surface area contributed by atoms with Gasteiger partial charge in [-0.15, -0.1) is 0 Å². The van der Waals surface area contributed by atoms with Crippen LogP contribution in [0.1, 0.15) is 61.2 Å². The van der Waals surface area contributed by atoms with E-state index < -0.39 is 0 Å². The quantitative estimate of drug-likeness (QED) is 0.928. The standard InChI is InChI=1S/C17H23N3/c1-12(2)17-16-14(18)9-6-10-15(16)20(19-17)11-13-7-4-3-5-8-13/h3-5,7-8,12,14H,6,9-11,18H2,1-2H3. The lowest BCUT2D eigenvalue weighted by atomic mass is 9.89. The third-order valence-electron chi connectivity index (χ3n) is 4.15. The second-order valence-electron chi connectivity index (χ2n) is 6.04. The van der Waals surface area contributed by atoms with E-state index in [-0.39, 0.29) is 6.04 Å². The third-order valence-corrected chi connectivity index (χ3v) is 4.15. The van der Waals surface area contributed by atoms with Gasteiger partial charge in [-0.05, 0) is 30.7 Å². The van der Waals surface area contributed by atoms with Crippen molar-refractivity contribution in [2.45, 2.75) is 51.6 Å². The van der Waals surface area contributed by atoms with Crippen LogP contribution in [0.15, 0.2) is 30.3 Å². The van der Waals surface area contributed by atoms with Crippen LogP contribution in [0, 0.1) is 0 Å². The second kappa shape index (κ2) is 5.41. The molecule has 0 saturated carbocycles. The predicted molar refractivity (Wildman–Crippen MR) is 81.7 cm³/mol. The van der Waals surface area contributed by atoms with Crippen LogP contribution in [0.3, 0.4) is 0 Å². The molecule has 1 atom stereocenters. The van der Waals surface area contributed by atoms with Crippen LogP contribution < -0.4 is 5.73 Å². The Morgan fingerprint density at radius 2 is 2.05 bits per heavy atom. The molecule has 1 unspecified atom stereocenters. The Hall–Kier alpha value is -1.61. The minimum atomic E-state index is 0.167. The molecule has 20 heavy (non-hydrogen) atoms. The molecule has 3 rings (SSSR count). The van der Waals surface area contributed by atoms with E-state index in [1.54, 1.807) is 0 Å². The van der Waals surface area contributed by atoms with Gasteiger partial charge in [-0.25, -0.2) is 0 Å². The number of hydrogen-bond acceptors (Lipinski definition) is 2. The molecule has 1 heterocycles. The minimum absolute atomic E-state index is 0.167. The lowest BCUT2D eigenvalue weighted by Crippen LogP contribution is -2.19. The molecule has 0 bridgehead atoms. The van der Waals surface area contributed by atoms with Crippen molar-refractivity contribution in [2.24, 2.45) is 5.73 Å². The van der Waals surface area contributed by atoms with Gasteiger partial charge in [0.25, 0.3) is 0 Å². The fraction of sp³-hybridized carbons (Fsp3) is 0.471. The molecule has 0 spiro atoms. The Kier molecular flexibility index (Phi) is 3.62. The molecular weight excluding hydrogens is 246 g/mol. The zero-order chi connectivity index (χ0) is 14.1. The van der Waals surface area contributed by atoms with Crippen LogP contribution in [0.2, 0.25) is 0 Å². The summed E-state index contributed by atoms with van der Waals surface area (Å²) in [5.74, 6) is 0.435. The fourth-order valence-electron chi connectivity index (χ4n) is 3.15. The summed E-state index contributed by atoms with van der Waals surface area (Å²) in [7, 11) is 0. The summed E-state index contributed by atoms with van der Waals surface area (Å²) in [6.45, 7) is 5.26. The topological polar surface area (TPSA) is 43.8 Å². The summed E-state index contributed by atoms with van der Waals surface area (Å²) >= 11 is 0. The molecule has 0 amide bonds. The zero-order valence-corrected chi connectivity index (χ0v) is 12.3. The van der Waals surface area contributed by atoms with Crippen LogP contribution in [0.5, 0.6) is 0 Å². The molecule has 2 aromatic rings. The smallest absolute Gasteiger partial charge is 0.0700 e. The van der Waals surface area contributed by atoms with Gasteiger partial charge in [0.2, 0.25) is 0 Å². The fourth-order valence-corrected chi connectivity index (χ4v) is 3.15. The molecule has 3 nitrogen and oxygen atoms in total. The number of nitrogens with zero attached hydrogens (tertiary/aromatic N) is 2. The van der Waals surface area contributed by atoms with Gasteiger partial charge in [-0.2, -0.15) is 5.10 Å². The van der Waals surface area contributed by atoms with Crippen molar-refractivity contribution < 1.29 is 0 Å². The Morgan fingerprint density at radius 3 is 2.75 bits per heavy atom. The first-order valence-electron chi connectivity index (χ1n) is 7.55. The molecule has 1 aliphatic carbocycles. The van der Waals surface area contributed by atoms with Crippen LogP contribution in [0.4, 0.5) is 0 Å². The maximum absolute atomic E-state index is 6.34.